The van der Waals surface area contributed by atoms with Crippen LogP contribution in [0, 0.1) is 0 Å². The van der Waals surface area contributed by atoms with E-state index in [4.69, 9.17) is 15.5 Å². The minimum atomic E-state index is -0.474. The summed E-state index contributed by atoms with van der Waals surface area (Å²) in [6, 6.07) is 11.5. The first-order chi connectivity index (χ1) is 13.7. The number of thiophene rings is 1. The number of aromatic nitrogens is 2. The summed E-state index contributed by atoms with van der Waals surface area (Å²) in [5.74, 6) is 0.214. The molecule has 3 aromatic heterocycles. The summed E-state index contributed by atoms with van der Waals surface area (Å²) < 4.78 is 5.39. The van der Waals surface area contributed by atoms with E-state index >= 15 is 0 Å². The molecular weight excluding hydrogens is 374 g/mol. The summed E-state index contributed by atoms with van der Waals surface area (Å²) in [6.45, 7) is 4.10. The molecule has 28 heavy (non-hydrogen) atoms. The van der Waals surface area contributed by atoms with Crippen molar-refractivity contribution in [2.24, 2.45) is 5.73 Å². The zero-order valence-corrected chi connectivity index (χ0v) is 16.1. The Morgan fingerprint density at radius 2 is 2.11 bits per heavy atom. The van der Waals surface area contributed by atoms with Crippen molar-refractivity contribution in [2.75, 3.05) is 31.6 Å². The highest BCUT2D eigenvalue weighted by molar-refractivity contribution is 7.19. The first-order valence-corrected chi connectivity index (χ1v) is 9.88. The highest BCUT2D eigenvalue weighted by atomic mass is 32.1. The Hall–Kier alpha value is -2.81. The second kappa shape index (κ2) is 8.47. The maximum atomic E-state index is 11.9. The van der Waals surface area contributed by atoms with Crippen LogP contribution in [0.2, 0.25) is 0 Å². The molecule has 1 amide bonds. The van der Waals surface area contributed by atoms with E-state index in [9.17, 15) is 4.79 Å². The van der Waals surface area contributed by atoms with E-state index < -0.39 is 5.91 Å². The molecule has 144 valence electrons. The van der Waals surface area contributed by atoms with Crippen LogP contribution in [-0.2, 0) is 11.3 Å². The normalized spacial score (nSPS) is 14.7. The Labute approximate surface area is 167 Å². The molecule has 8 heteroatoms. The minimum absolute atomic E-state index is 0.448. The lowest BCUT2D eigenvalue weighted by Gasteiger charge is -2.26. The molecule has 3 aromatic rings. The van der Waals surface area contributed by atoms with Crippen LogP contribution in [-0.4, -0.2) is 47.1 Å². The molecule has 1 aliphatic heterocycles. The molecule has 0 spiro atoms. The van der Waals surface area contributed by atoms with Crippen LogP contribution in [0.5, 0.6) is 0 Å². The van der Waals surface area contributed by atoms with Crippen LogP contribution in [0.4, 0.5) is 10.8 Å². The number of carbonyl (C=O) groups excluding carboxylic acids is 1. The van der Waals surface area contributed by atoms with Gasteiger partial charge >= 0.3 is 0 Å². The van der Waals surface area contributed by atoms with Gasteiger partial charge in [-0.15, -0.1) is 11.3 Å². The monoisotopic (exact) mass is 395 g/mol. The quantitative estimate of drug-likeness (QED) is 0.667. The van der Waals surface area contributed by atoms with E-state index in [2.05, 4.69) is 15.2 Å². The third-order valence-electron chi connectivity index (χ3n) is 4.48. The molecule has 7 nitrogen and oxygen atoms in total. The zero-order chi connectivity index (χ0) is 19.3. The van der Waals surface area contributed by atoms with Crippen LogP contribution in [0.15, 0.2) is 48.8 Å². The fourth-order valence-electron chi connectivity index (χ4n) is 3.06. The van der Waals surface area contributed by atoms with Gasteiger partial charge in [-0.05, 0) is 24.3 Å². The summed E-state index contributed by atoms with van der Waals surface area (Å²) in [7, 11) is 0. The van der Waals surface area contributed by atoms with Crippen molar-refractivity contribution in [1.29, 1.82) is 0 Å². The largest absolute Gasteiger partial charge is 0.379 e. The number of hydrogen-bond acceptors (Lipinski definition) is 7. The topological polar surface area (TPSA) is 93.4 Å². The van der Waals surface area contributed by atoms with Gasteiger partial charge in [0.2, 0.25) is 0 Å². The van der Waals surface area contributed by atoms with Gasteiger partial charge in [-0.25, -0.2) is 4.98 Å². The number of pyridine rings is 2. The van der Waals surface area contributed by atoms with Gasteiger partial charge in [-0.1, -0.05) is 12.1 Å². The minimum Gasteiger partial charge on any atom is -0.379 e. The molecule has 1 fully saturated rings. The molecular formula is C20H21N5O2S. The molecule has 0 saturated carbocycles. The second-order valence-corrected chi connectivity index (χ2v) is 7.54. The van der Waals surface area contributed by atoms with E-state index in [1.54, 1.807) is 18.5 Å². The predicted octanol–water partition coefficient (Wildman–Crippen LogP) is 2.88. The lowest BCUT2D eigenvalue weighted by atomic mass is 10.2. The Balaban J connectivity index is 1.56. The number of morpholine rings is 1. The number of nitrogens with two attached hydrogens (primary N) is 1. The number of ether oxygens (including phenoxy) is 1. The fraction of sp³-hybridized carbons (Fsp3) is 0.250. The van der Waals surface area contributed by atoms with Gasteiger partial charge in [-0.2, -0.15) is 0 Å². The zero-order valence-electron chi connectivity index (χ0n) is 15.3. The molecule has 0 aromatic carbocycles. The Bertz CT molecular complexity index is 954. The molecule has 0 radical (unpaired) electrons. The average molecular weight is 395 g/mol. The molecule has 4 rings (SSSR count). The summed E-state index contributed by atoms with van der Waals surface area (Å²) in [4.78, 5) is 24.0. The van der Waals surface area contributed by atoms with Gasteiger partial charge in [0.25, 0.3) is 5.91 Å². The van der Waals surface area contributed by atoms with E-state index in [1.807, 2.05) is 30.3 Å². The number of primary amides is 1. The molecule has 3 N–H and O–H groups in total. The predicted molar refractivity (Wildman–Crippen MR) is 110 cm³/mol. The first kappa shape index (κ1) is 18.5. The van der Waals surface area contributed by atoms with Crippen LogP contribution >= 0.6 is 11.3 Å². The Morgan fingerprint density at radius 1 is 1.25 bits per heavy atom. The van der Waals surface area contributed by atoms with E-state index in [0.717, 1.165) is 49.0 Å². The van der Waals surface area contributed by atoms with Crippen LogP contribution in [0.1, 0.15) is 16.1 Å². The second-order valence-electron chi connectivity index (χ2n) is 6.49. The number of hydrogen-bond donors (Lipinski definition) is 2. The third-order valence-corrected chi connectivity index (χ3v) is 5.58. The molecule has 1 saturated heterocycles. The highest BCUT2D eigenvalue weighted by Gasteiger charge is 2.16. The SMILES string of the molecule is NC(=O)c1cc(-c2cccnc2)sc1Nc1cccc(CN2CCOCC2)n1. The fourth-order valence-corrected chi connectivity index (χ4v) is 4.12. The smallest absolute Gasteiger partial charge is 0.251 e. The van der Waals surface area contributed by atoms with Crippen LogP contribution in [0.25, 0.3) is 10.4 Å². The van der Waals surface area contributed by atoms with Crippen molar-refractivity contribution in [3.05, 3.63) is 60.0 Å². The maximum absolute atomic E-state index is 11.9. The van der Waals surface area contributed by atoms with E-state index in [0.29, 0.717) is 16.4 Å². The maximum Gasteiger partial charge on any atom is 0.251 e. The van der Waals surface area contributed by atoms with Gasteiger partial charge < -0.3 is 15.8 Å². The van der Waals surface area contributed by atoms with Gasteiger partial charge in [0, 0.05) is 42.5 Å². The van der Waals surface area contributed by atoms with Gasteiger partial charge in [0.05, 0.1) is 24.5 Å². The first-order valence-electron chi connectivity index (χ1n) is 9.06. The molecule has 4 heterocycles. The summed E-state index contributed by atoms with van der Waals surface area (Å²) in [6.07, 6.45) is 3.48. The van der Waals surface area contributed by atoms with Crippen LogP contribution < -0.4 is 11.1 Å². The molecule has 0 aliphatic carbocycles. The number of carbonyl (C=O) groups is 1. The molecule has 1 aliphatic rings. The van der Waals surface area contributed by atoms with Gasteiger partial charge in [0.1, 0.15) is 10.8 Å². The van der Waals surface area contributed by atoms with Crippen molar-refractivity contribution < 1.29 is 9.53 Å². The Kier molecular flexibility index (Phi) is 5.61. The molecule has 0 bridgehead atoms. The van der Waals surface area contributed by atoms with Gasteiger partial charge in [-0.3, -0.25) is 14.7 Å². The van der Waals surface area contributed by atoms with Crippen LogP contribution in [0.3, 0.4) is 0 Å². The lowest BCUT2D eigenvalue weighted by Crippen LogP contribution is -2.35. The summed E-state index contributed by atoms with van der Waals surface area (Å²) in [5.41, 5.74) is 7.95. The number of nitrogens with zero attached hydrogens (tertiary/aromatic N) is 3. The number of anilines is 2. The third kappa shape index (κ3) is 4.36. The molecule has 0 unspecified atom stereocenters. The number of rotatable bonds is 6. The van der Waals surface area contributed by atoms with Crippen molar-refractivity contribution in [3.8, 4) is 10.4 Å². The number of amides is 1. The van der Waals surface area contributed by atoms with Crippen molar-refractivity contribution in [1.82, 2.24) is 14.9 Å². The Morgan fingerprint density at radius 3 is 2.86 bits per heavy atom. The van der Waals surface area contributed by atoms with E-state index in [-0.39, 0.29) is 0 Å². The van der Waals surface area contributed by atoms with Crippen molar-refractivity contribution in [2.45, 2.75) is 6.54 Å². The van der Waals surface area contributed by atoms with Crippen molar-refractivity contribution in [3.63, 3.8) is 0 Å². The standard InChI is InChI=1S/C20H21N5O2S/c21-19(26)16-11-17(14-3-2-6-22-12-14)28-20(16)24-18-5-1-4-15(23-18)13-25-7-9-27-10-8-25/h1-6,11-12H,7-10,13H2,(H2,21,26)(H,23,24). The average Bonchev–Trinajstić information content (AvgIpc) is 3.14. The summed E-state index contributed by atoms with van der Waals surface area (Å²) in [5, 5.41) is 3.95. The van der Waals surface area contributed by atoms with E-state index in [1.165, 1.54) is 11.3 Å². The van der Waals surface area contributed by atoms with Gasteiger partial charge in [0.15, 0.2) is 0 Å². The lowest BCUT2D eigenvalue weighted by molar-refractivity contribution is 0.0337. The summed E-state index contributed by atoms with van der Waals surface area (Å²) >= 11 is 1.46. The highest BCUT2D eigenvalue weighted by Crippen LogP contribution is 2.36. The van der Waals surface area contributed by atoms with Crippen molar-refractivity contribution >= 4 is 28.1 Å². The molecule has 0 atom stereocenters. The number of nitrogens with one attached hydrogen (secondary N) is 1.